The van der Waals surface area contributed by atoms with Crippen molar-refractivity contribution < 1.29 is 27.6 Å². The normalized spacial score (nSPS) is 11.9. The van der Waals surface area contributed by atoms with Gasteiger partial charge in [0.25, 0.3) is 0 Å². The van der Waals surface area contributed by atoms with E-state index in [1.807, 2.05) is 0 Å². The summed E-state index contributed by atoms with van der Waals surface area (Å²) in [5.74, 6) is -3.04. The van der Waals surface area contributed by atoms with Crippen LogP contribution >= 0.6 is 0 Å². The number of hydrogen-bond donors (Lipinski definition) is 3. The second-order valence-electron chi connectivity index (χ2n) is 3.48. The molecule has 0 spiro atoms. The fraction of sp³-hybridized carbons (Fsp3) is 0.333. The summed E-state index contributed by atoms with van der Waals surface area (Å²) in [6.45, 7) is 0. The molecule has 0 heterocycles. The molecular weight excluding hydrogens is 241 g/mol. The van der Waals surface area contributed by atoms with Crippen molar-refractivity contribution in [3.8, 4) is 0 Å². The van der Waals surface area contributed by atoms with Crippen molar-refractivity contribution in [2.45, 2.75) is 18.9 Å². The first-order valence-corrected chi connectivity index (χ1v) is 6.65. The maximum absolute atomic E-state index is 13.1. The van der Waals surface area contributed by atoms with E-state index in [9.17, 15) is 13.2 Å². The largest absolute Gasteiger partial charge is 0.492 e. The minimum absolute atomic E-state index is 0.00912. The quantitative estimate of drug-likeness (QED) is 0.699. The fourth-order valence-corrected chi connectivity index (χ4v) is 1.96. The Morgan fingerprint density at radius 2 is 1.50 bits per heavy atom. The summed E-state index contributed by atoms with van der Waals surface area (Å²) < 4.78 is 38.7. The van der Waals surface area contributed by atoms with Crippen molar-refractivity contribution in [3.05, 3.63) is 35.1 Å². The van der Waals surface area contributed by atoms with E-state index in [0.717, 1.165) is 0 Å². The smallest absolute Gasteiger partial charge is 0.390 e. The molecule has 90 valence electrons. The van der Waals surface area contributed by atoms with Gasteiger partial charge in [0.2, 0.25) is 0 Å². The van der Waals surface area contributed by atoms with Crippen LogP contribution < -0.4 is 0 Å². The molecule has 3 N–H and O–H groups in total. The van der Waals surface area contributed by atoms with Crippen molar-refractivity contribution in [1.29, 1.82) is 0 Å². The molecule has 0 aliphatic rings. The maximum atomic E-state index is 13.1. The molecule has 0 aliphatic carbocycles. The molecule has 0 radical (unpaired) electrons. The van der Waals surface area contributed by atoms with Crippen LogP contribution in [0.5, 0.6) is 0 Å². The Morgan fingerprint density at radius 1 is 1.00 bits per heavy atom. The molecule has 0 amide bonds. The summed E-state index contributed by atoms with van der Waals surface area (Å²) in [5, 5.41) is 0. The van der Waals surface area contributed by atoms with E-state index in [-0.39, 0.29) is 24.4 Å². The first-order valence-electron chi connectivity index (χ1n) is 4.60. The number of rotatable bonds is 4. The number of benzene rings is 1. The minimum atomic E-state index is -4.18. The van der Waals surface area contributed by atoms with Gasteiger partial charge >= 0.3 is 8.80 Å². The van der Waals surface area contributed by atoms with Crippen LogP contribution in [0.25, 0.3) is 0 Å². The first-order chi connectivity index (χ1) is 7.29. The van der Waals surface area contributed by atoms with Crippen molar-refractivity contribution in [1.82, 2.24) is 0 Å². The molecule has 16 heavy (non-hydrogen) atoms. The Hall–Kier alpha value is -0.893. The minimum Gasteiger partial charge on any atom is -0.390 e. The summed E-state index contributed by atoms with van der Waals surface area (Å²) >= 11 is 0. The van der Waals surface area contributed by atoms with Crippen LogP contribution in [-0.2, 0) is 6.42 Å². The third-order valence-electron chi connectivity index (χ3n) is 2.04. The summed E-state index contributed by atoms with van der Waals surface area (Å²) in [6.07, 6.45) is -0.121. The Labute approximate surface area is 91.2 Å². The molecule has 0 saturated heterocycles. The van der Waals surface area contributed by atoms with Crippen molar-refractivity contribution in [3.63, 3.8) is 0 Å². The molecule has 1 aromatic carbocycles. The van der Waals surface area contributed by atoms with Gasteiger partial charge in [0.1, 0.15) is 17.5 Å². The Balaban J connectivity index is 2.68. The number of hydrogen-bond acceptors (Lipinski definition) is 3. The summed E-state index contributed by atoms with van der Waals surface area (Å²) in [6, 6.07) is 0.795. The molecule has 0 unspecified atom stereocenters. The van der Waals surface area contributed by atoms with Gasteiger partial charge in [-0.1, -0.05) is 0 Å². The second kappa shape index (κ2) is 4.96. The average molecular weight is 252 g/mol. The molecule has 0 fully saturated rings. The molecule has 0 aromatic heterocycles. The summed E-state index contributed by atoms with van der Waals surface area (Å²) in [4.78, 5) is 26.0. The Bertz CT molecular complexity index is 356. The van der Waals surface area contributed by atoms with Crippen molar-refractivity contribution >= 4 is 8.80 Å². The van der Waals surface area contributed by atoms with Gasteiger partial charge in [0.05, 0.1) is 0 Å². The molecular formula is C9H11F3O3Si. The number of halogens is 3. The van der Waals surface area contributed by atoms with Gasteiger partial charge in [-0.2, -0.15) is 0 Å². The molecule has 0 aliphatic heterocycles. The summed E-state index contributed by atoms with van der Waals surface area (Å²) in [5.41, 5.74) is -0.320. The first kappa shape index (κ1) is 13.2. The zero-order chi connectivity index (χ0) is 12.3. The van der Waals surface area contributed by atoms with Crippen molar-refractivity contribution in [2.75, 3.05) is 0 Å². The molecule has 7 heteroatoms. The van der Waals surface area contributed by atoms with Gasteiger partial charge in [-0.05, 0) is 12.8 Å². The molecule has 1 rings (SSSR count). The summed E-state index contributed by atoms with van der Waals surface area (Å²) in [7, 11) is -4.18. The van der Waals surface area contributed by atoms with E-state index in [0.29, 0.717) is 12.1 Å². The molecule has 0 bridgehead atoms. The van der Waals surface area contributed by atoms with E-state index < -0.39 is 26.3 Å². The van der Waals surface area contributed by atoms with Crippen LogP contribution in [0.2, 0.25) is 6.04 Å². The second-order valence-corrected chi connectivity index (χ2v) is 5.52. The average Bonchev–Trinajstić information content (AvgIpc) is 2.07. The van der Waals surface area contributed by atoms with Crippen LogP contribution in [-0.4, -0.2) is 23.2 Å². The molecule has 1 aromatic rings. The van der Waals surface area contributed by atoms with E-state index in [2.05, 4.69) is 0 Å². The van der Waals surface area contributed by atoms with Gasteiger partial charge in [0.15, 0.2) is 0 Å². The predicted molar refractivity (Wildman–Crippen MR) is 51.9 cm³/mol. The highest BCUT2D eigenvalue weighted by molar-refractivity contribution is 6.56. The van der Waals surface area contributed by atoms with Crippen LogP contribution in [0.1, 0.15) is 12.0 Å². The third-order valence-corrected chi connectivity index (χ3v) is 3.07. The zero-order valence-corrected chi connectivity index (χ0v) is 9.25. The fourth-order valence-electron chi connectivity index (χ4n) is 1.31. The lowest BCUT2D eigenvalue weighted by molar-refractivity contribution is 0.226. The zero-order valence-electron chi connectivity index (χ0n) is 8.25. The van der Waals surface area contributed by atoms with Crippen LogP contribution in [0.15, 0.2) is 12.1 Å². The predicted octanol–water partition coefficient (Wildman–Crippen LogP) is 0.952. The van der Waals surface area contributed by atoms with Gasteiger partial charge < -0.3 is 14.4 Å². The molecule has 0 atom stereocenters. The van der Waals surface area contributed by atoms with E-state index in [1.54, 1.807) is 0 Å². The highest BCUT2D eigenvalue weighted by atomic mass is 28.4. The lowest BCUT2D eigenvalue weighted by Gasteiger charge is -2.09. The van der Waals surface area contributed by atoms with Gasteiger partial charge in [-0.3, -0.25) is 0 Å². The van der Waals surface area contributed by atoms with Crippen LogP contribution in [0.4, 0.5) is 13.2 Å². The molecule has 0 saturated carbocycles. The standard InChI is InChI=1S/C9H11F3O3Si/c10-6-4-8(11)7(9(12)5-6)2-1-3-16(13,14)15/h4-5,13-15H,1-3H2. The third kappa shape index (κ3) is 3.93. The van der Waals surface area contributed by atoms with Crippen LogP contribution in [0.3, 0.4) is 0 Å². The SMILES string of the molecule is O[Si](O)(O)CCCc1c(F)cc(F)cc1F. The Morgan fingerprint density at radius 3 is 1.94 bits per heavy atom. The van der Waals surface area contributed by atoms with E-state index in [1.165, 1.54) is 0 Å². The highest BCUT2D eigenvalue weighted by Crippen LogP contribution is 2.18. The van der Waals surface area contributed by atoms with Gasteiger partial charge in [0, 0.05) is 23.7 Å². The molecule has 3 nitrogen and oxygen atoms in total. The lowest BCUT2D eigenvalue weighted by Crippen LogP contribution is -2.34. The monoisotopic (exact) mass is 252 g/mol. The Kier molecular flexibility index (Phi) is 4.08. The maximum Gasteiger partial charge on any atom is 0.492 e. The van der Waals surface area contributed by atoms with Crippen molar-refractivity contribution in [2.24, 2.45) is 0 Å². The topological polar surface area (TPSA) is 60.7 Å². The highest BCUT2D eigenvalue weighted by Gasteiger charge is 2.26. The van der Waals surface area contributed by atoms with Crippen LogP contribution in [0, 0.1) is 17.5 Å². The van der Waals surface area contributed by atoms with E-state index >= 15 is 0 Å². The van der Waals surface area contributed by atoms with Gasteiger partial charge in [-0.15, -0.1) is 0 Å². The van der Waals surface area contributed by atoms with Gasteiger partial charge in [-0.25, -0.2) is 13.2 Å². The van der Waals surface area contributed by atoms with E-state index in [4.69, 9.17) is 14.4 Å². The lowest BCUT2D eigenvalue weighted by atomic mass is 10.1.